The largest absolute Gasteiger partial charge is 0.480 e. The van der Waals surface area contributed by atoms with Crippen LogP contribution in [0, 0.1) is 5.92 Å². The summed E-state index contributed by atoms with van der Waals surface area (Å²) in [7, 11) is 1.51. The smallest absolute Gasteiger partial charge is 0.326 e. The molecule has 0 fully saturated rings. The Morgan fingerprint density at radius 1 is 1.32 bits per heavy atom. The molecule has 0 saturated carbocycles. The standard InChI is InChI=1S/C12H24N2O5/c1-9(2)8-10(11(16)17)13-12(18)14(4-6-15)5-7-19-3/h9-10,15H,4-8H2,1-3H3,(H,13,18)(H,16,17). The molecule has 0 aromatic carbocycles. The molecule has 0 radical (unpaired) electrons. The molecule has 0 rings (SSSR count). The highest BCUT2D eigenvalue weighted by atomic mass is 16.5. The maximum atomic E-state index is 11.9. The maximum absolute atomic E-state index is 11.9. The summed E-state index contributed by atoms with van der Waals surface area (Å²) in [6, 6.07) is -1.42. The van der Waals surface area contributed by atoms with Crippen molar-refractivity contribution < 1.29 is 24.5 Å². The number of aliphatic carboxylic acids is 1. The molecule has 2 amide bonds. The van der Waals surface area contributed by atoms with Gasteiger partial charge in [0.15, 0.2) is 0 Å². The number of nitrogens with zero attached hydrogens (tertiary/aromatic N) is 1. The second kappa shape index (κ2) is 9.57. The van der Waals surface area contributed by atoms with Crippen LogP contribution in [0.25, 0.3) is 0 Å². The number of carbonyl (C=O) groups excluding carboxylic acids is 1. The van der Waals surface area contributed by atoms with Crippen LogP contribution in [0.5, 0.6) is 0 Å². The van der Waals surface area contributed by atoms with Gasteiger partial charge in [0.2, 0.25) is 0 Å². The Labute approximate surface area is 113 Å². The molecule has 0 aliphatic heterocycles. The molecule has 112 valence electrons. The van der Waals surface area contributed by atoms with Gasteiger partial charge in [-0.15, -0.1) is 0 Å². The molecular weight excluding hydrogens is 252 g/mol. The summed E-state index contributed by atoms with van der Waals surface area (Å²) in [5.74, 6) is -0.899. The molecule has 0 aromatic heterocycles. The molecule has 19 heavy (non-hydrogen) atoms. The number of amides is 2. The Morgan fingerprint density at radius 3 is 2.37 bits per heavy atom. The number of aliphatic hydroxyl groups excluding tert-OH is 1. The second-order valence-electron chi connectivity index (χ2n) is 4.67. The average Bonchev–Trinajstić information content (AvgIpc) is 2.32. The van der Waals surface area contributed by atoms with Crippen LogP contribution in [0.3, 0.4) is 0 Å². The number of carboxylic acids is 1. The normalized spacial score (nSPS) is 12.3. The van der Waals surface area contributed by atoms with E-state index in [4.69, 9.17) is 14.9 Å². The van der Waals surface area contributed by atoms with E-state index in [9.17, 15) is 9.59 Å². The number of hydrogen-bond acceptors (Lipinski definition) is 4. The van der Waals surface area contributed by atoms with Crippen LogP contribution < -0.4 is 5.32 Å². The number of methoxy groups -OCH3 is 1. The van der Waals surface area contributed by atoms with Crippen molar-refractivity contribution in [1.82, 2.24) is 10.2 Å². The van der Waals surface area contributed by atoms with Gasteiger partial charge < -0.3 is 25.2 Å². The van der Waals surface area contributed by atoms with Gasteiger partial charge in [0.05, 0.1) is 13.2 Å². The van der Waals surface area contributed by atoms with Crippen molar-refractivity contribution in [2.24, 2.45) is 5.92 Å². The van der Waals surface area contributed by atoms with Gasteiger partial charge in [-0.2, -0.15) is 0 Å². The average molecular weight is 276 g/mol. The van der Waals surface area contributed by atoms with E-state index in [1.54, 1.807) is 0 Å². The van der Waals surface area contributed by atoms with E-state index < -0.39 is 18.0 Å². The van der Waals surface area contributed by atoms with Gasteiger partial charge >= 0.3 is 12.0 Å². The minimum Gasteiger partial charge on any atom is -0.480 e. The quantitative estimate of drug-likeness (QED) is 0.556. The third-order valence-corrected chi connectivity index (χ3v) is 2.53. The highest BCUT2D eigenvalue weighted by molar-refractivity contribution is 5.82. The summed E-state index contributed by atoms with van der Waals surface area (Å²) < 4.78 is 4.87. The lowest BCUT2D eigenvalue weighted by Gasteiger charge is -2.24. The predicted octanol–water partition coefficient (Wildman–Crippen LogP) is 0.136. The zero-order chi connectivity index (χ0) is 14.8. The first-order valence-electron chi connectivity index (χ1n) is 6.30. The van der Waals surface area contributed by atoms with E-state index in [1.165, 1.54) is 12.0 Å². The Balaban J connectivity index is 4.51. The van der Waals surface area contributed by atoms with Crippen LogP contribution >= 0.6 is 0 Å². The molecule has 3 N–H and O–H groups in total. The number of aliphatic hydroxyl groups is 1. The second-order valence-corrected chi connectivity index (χ2v) is 4.67. The Bertz CT molecular complexity index is 283. The molecule has 7 heteroatoms. The van der Waals surface area contributed by atoms with Crippen molar-refractivity contribution in [3.05, 3.63) is 0 Å². The Hall–Kier alpha value is -1.34. The van der Waals surface area contributed by atoms with Gasteiger partial charge in [0.1, 0.15) is 6.04 Å². The third-order valence-electron chi connectivity index (χ3n) is 2.53. The van der Waals surface area contributed by atoms with Crippen LogP contribution in [-0.2, 0) is 9.53 Å². The van der Waals surface area contributed by atoms with E-state index in [1.807, 2.05) is 13.8 Å². The fraction of sp³-hybridized carbons (Fsp3) is 0.833. The molecular formula is C12H24N2O5. The maximum Gasteiger partial charge on any atom is 0.326 e. The number of carbonyl (C=O) groups is 2. The lowest BCUT2D eigenvalue weighted by atomic mass is 10.0. The van der Waals surface area contributed by atoms with Crippen LogP contribution in [0.15, 0.2) is 0 Å². The Kier molecular flexibility index (Phi) is 8.90. The van der Waals surface area contributed by atoms with Gasteiger partial charge in [-0.05, 0) is 12.3 Å². The zero-order valence-corrected chi connectivity index (χ0v) is 11.8. The fourth-order valence-corrected chi connectivity index (χ4v) is 1.57. The number of ether oxygens (including phenoxy) is 1. The van der Waals surface area contributed by atoms with Crippen LogP contribution in [-0.4, -0.2) is 66.6 Å². The van der Waals surface area contributed by atoms with Crippen molar-refractivity contribution in [3.63, 3.8) is 0 Å². The topological polar surface area (TPSA) is 99.1 Å². The summed E-state index contributed by atoms with van der Waals surface area (Å²) in [5.41, 5.74) is 0. The minimum atomic E-state index is -1.06. The van der Waals surface area contributed by atoms with Crippen LogP contribution in [0.2, 0.25) is 0 Å². The number of nitrogens with one attached hydrogen (secondary N) is 1. The van der Waals surface area contributed by atoms with E-state index in [-0.39, 0.29) is 19.1 Å². The van der Waals surface area contributed by atoms with Crippen molar-refractivity contribution in [2.75, 3.05) is 33.4 Å². The van der Waals surface area contributed by atoms with Crippen molar-refractivity contribution >= 4 is 12.0 Å². The monoisotopic (exact) mass is 276 g/mol. The third kappa shape index (κ3) is 7.63. The molecule has 7 nitrogen and oxygen atoms in total. The first-order valence-corrected chi connectivity index (χ1v) is 6.30. The van der Waals surface area contributed by atoms with Crippen LogP contribution in [0.4, 0.5) is 4.79 Å². The zero-order valence-electron chi connectivity index (χ0n) is 11.8. The first-order chi connectivity index (χ1) is 8.92. The summed E-state index contributed by atoms with van der Waals surface area (Å²) in [4.78, 5) is 24.3. The SMILES string of the molecule is COCCN(CCO)C(=O)NC(CC(C)C)C(=O)O. The summed E-state index contributed by atoms with van der Waals surface area (Å²) in [5, 5.41) is 20.4. The molecule has 0 aliphatic carbocycles. The molecule has 1 unspecified atom stereocenters. The predicted molar refractivity (Wildman–Crippen MR) is 69.9 cm³/mol. The molecule has 0 bridgehead atoms. The van der Waals surface area contributed by atoms with Gasteiger partial charge in [0.25, 0.3) is 0 Å². The molecule has 0 heterocycles. The number of hydrogen-bond donors (Lipinski definition) is 3. The molecule has 0 saturated heterocycles. The van der Waals surface area contributed by atoms with Crippen molar-refractivity contribution in [2.45, 2.75) is 26.3 Å². The highest BCUT2D eigenvalue weighted by Gasteiger charge is 2.23. The summed E-state index contributed by atoms with van der Waals surface area (Å²) in [6.45, 7) is 4.37. The number of carboxylic acid groups (broad SMARTS) is 1. The first kappa shape index (κ1) is 17.7. The highest BCUT2D eigenvalue weighted by Crippen LogP contribution is 2.05. The number of rotatable bonds is 9. The fourth-order valence-electron chi connectivity index (χ4n) is 1.57. The van der Waals surface area contributed by atoms with E-state index in [0.29, 0.717) is 19.6 Å². The van der Waals surface area contributed by atoms with Gasteiger partial charge in [-0.25, -0.2) is 9.59 Å². The van der Waals surface area contributed by atoms with E-state index in [0.717, 1.165) is 0 Å². The molecule has 1 atom stereocenters. The Morgan fingerprint density at radius 2 is 1.95 bits per heavy atom. The van der Waals surface area contributed by atoms with Crippen molar-refractivity contribution in [3.8, 4) is 0 Å². The number of urea groups is 1. The minimum absolute atomic E-state index is 0.142. The van der Waals surface area contributed by atoms with Gasteiger partial charge in [0, 0.05) is 20.2 Å². The molecule has 0 spiro atoms. The lowest BCUT2D eigenvalue weighted by Crippen LogP contribution is -2.50. The van der Waals surface area contributed by atoms with Gasteiger partial charge in [-0.3, -0.25) is 0 Å². The van der Waals surface area contributed by atoms with Crippen molar-refractivity contribution in [1.29, 1.82) is 0 Å². The van der Waals surface area contributed by atoms with E-state index >= 15 is 0 Å². The van der Waals surface area contributed by atoms with Crippen LogP contribution in [0.1, 0.15) is 20.3 Å². The summed E-state index contributed by atoms with van der Waals surface area (Å²) in [6.07, 6.45) is 0.359. The molecule has 0 aliphatic rings. The lowest BCUT2D eigenvalue weighted by molar-refractivity contribution is -0.139. The molecule has 0 aromatic rings. The van der Waals surface area contributed by atoms with E-state index in [2.05, 4.69) is 5.32 Å². The summed E-state index contributed by atoms with van der Waals surface area (Å²) >= 11 is 0. The van der Waals surface area contributed by atoms with Gasteiger partial charge in [-0.1, -0.05) is 13.8 Å².